The molecular weight excluding hydrogens is 314 g/mol. The summed E-state index contributed by atoms with van der Waals surface area (Å²) in [6, 6.07) is 14.4. The van der Waals surface area contributed by atoms with Gasteiger partial charge in [0, 0.05) is 37.6 Å². The molecule has 0 aliphatic rings. The molecule has 1 aromatic heterocycles. The average Bonchev–Trinajstić information content (AvgIpc) is 3.16. The molecule has 0 aliphatic carbocycles. The van der Waals surface area contributed by atoms with Crippen molar-refractivity contribution in [2.45, 2.75) is 19.6 Å². The second-order valence-corrected chi connectivity index (χ2v) is 5.76. The molecule has 25 heavy (non-hydrogen) atoms. The molecule has 1 heterocycles. The Morgan fingerprint density at radius 3 is 2.40 bits per heavy atom. The van der Waals surface area contributed by atoms with Crippen molar-refractivity contribution in [1.82, 2.24) is 14.9 Å². The highest BCUT2D eigenvalue weighted by Gasteiger charge is 2.09. The van der Waals surface area contributed by atoms with Gasteiger partial charge in [0.05, 0.1) is 20.5 Å². The number of nitrogens with one attached hydrogen (secondary N) is 1. The summed E-state index contributed by atoms with van der Waals surface area (Å²) in [6.45, 7) is 2.31. The van der Waals surface area contributed by atoms with Gasteiger partial charge in [-0.15, -0.1) is 0 Å². The molecule has 0 aliphatic heterocycles. The summed E-state index contributed by atoms with van der Waals surface area (Å²) in [6.07, 6.45) is 5.62. The number of hydrogen-bond donors (Lipinski definition) is 1. The van der Waals surface area contributed by atoms with E-state index in [-0.39, 0.29) is 0 Å². The minimum absolute atomic E-state index is 0.708. The van der Waals surface area contributed by atoms with Crippen LogP contribution in [0.3, 0.4) is 0 Å². The molecular formula is C20H23N3O2. The van der Waals surface area contributed by atoms with Gasteiger partial charge in [-0.3, -0.25) is 0 Å². The Kier molecular flexibility index (Phi) is 5.69. The highest BCUT2D eigenvalue weighted by atomic mass is 16.5. The third-order valence-electron chi connectivity index (χ3n) is 4.15. The zero-order chi connectivity index (χ0) is 17.5. The van der Waals surface area contributed by atoms with E-state index in [4.69, 9.17) is 9.47 Å². The first-order valence-electron chi connectivity index (χ1n) is 8.25. The lowest BCUT2D eigenvalue weighted by Crippen LogP contribution is -2.15. The maximum Gasteiger partial charge on any atom is 0.165 e. The first-order valence-corrected chi connectivity index (χ1v) is 8.25. The number of hydrogen-bond acceptors (Lipinski definition) is 4. The highest BCUT2D eigenvalue weighted by molar-refractivity contribution is 5.46. The van der Waals surface area contributed by atoms with Crippen LogP contribution in [0.5, 0.6) is 11.5 Å². The van der Waals surface area contributed by atoms with Crippen LogP contribution in [-0.4, -0.2) is 23.8 Å². The summed E-state index contributed by atoms with van der Waals surface area (Å²) in [5, 5.41) is 3.50. The minimum Gasteiger partial charge on any atom is -0.493 e. The second-order valence-electron chi connectivity index (χ2n) is 5.76. The van der Waals surface area contributed by atoms with Crippen LogP contribution >= 0.6 is 0 Å². The molecule has 0 amide bonds. The quantitative estimate of drug-likeness (QED) is 0.685. The van der Waals surface area contributed by atoms with E-state index in [1.807, 2.05) is 30.7 Å². The largest absolute Gasteiger partial charge is 0.493 e. The standard InChI is InChI=1S/C20H23N3O2/c1-24-19-9-5-8-17(20(19)25-2)13-22-12-16-6-3-4-7-18(16)14-23-11-10-21-15-23/h3-11,15,22H,12-14H2,1-2H3. The van der Waals surface area contributed by atoms with Crippen LogP contribution in [0.2, 0.25) is 0 Å². The van der Waals surface area contributed by atoms with Crippen LogP contribution in [0.4, 0.5) is 0 Å². The predicted octanol–water partition coefficient (Wildman–Crippen LogP) is 3.24. The molecule has 0 fully saturated rings. The zero-order valence-electron chi connectivity index (χ0n) is 14.6. The average molecular weight is 337 g/mol. The van der Waals surface area contributed by atoms with E-state index in [9.17, 15) is 0 Å². The molecule has 3 aromatic rings. The maximum atomic E-state index is 5.49. The van der Waals surface area contributed by atoms with Gasteiger partial charge in [-0.25, -0.2) is 4.98 Å². The van der Waals surface area contributed by atoms with Crippen LogP contribution in [0.25, 0.3) is 0 Å². The molecule has 0 atom stereocenters. The van der Waals surface area contributed by atoms with Crippen molar-refractivity contribution in [3.63, 3.8) is 0 Å². The van der Waals surface area contributed by atoms with Gasteiger partial charge in [0.15, 0.2) is 11.5 Å². The van der Waals surface area contributed by atoms with Crippen molar-refractivity contribution < 1.29 is 9.47 Å². The molecule has 5 nitrogen and oxygen atoms in total. The van der Waals surface area contributed by atoms with E-state index in [1.54, 1.807) is 20.4 Å². The first-order chi connectivity index (χ1) is 12.3. The number of rotatable bonds is 8. The Morgan fingerprint density at radius 1 is 0.920 bits per heavy atom. The van der Waals surface area contributed by atoms with Crippen LogP contribution in [0.15, 0.2) is 61.2 Å². The van der Waals surface area contributed by atoms with E-state index in [1.165, 1.54) is 11.1 Å². The van der Waals surface area contributed by atoms with E-state index < -0.39 is 0 Å². The first kappa shape index (κ1) is 17.0. The van der Waals surface area contributed by atoms with E-state index in [0.717, 1.165) is 30.2 Å². The number of nitrogens with zero attached hydrogens (tertiary/aromatic N) is 2. The molecule has 2 aromatic carbocycles. The van der Waals surface area contributed by atoms with E-state index >= 15 is 0 Å². The Bertz CT molecular complexity index is 800. The van der Waals surface area contributed by atoms with E-state index in [2.05, 4.69) is 39.1 Å². The normalized spacial score (nSPS) is 10.6. The lowest BCUT2D eigenvalue weighted by molar-refractivity contribution is 0.350. The second kappa shape index (κ2) is 8.35. The van der Waals surface area contributed by atoms with Crippen molar-refractivity contribution in [1.29, 1.82) is 0 Å². The Morgan fingerprint density at radius 2 is 1.68 bits per heavy atom. The summed E-state index contributed by atoms with van der Waals surface area (Å²) in [4.78, 5) is 4.11. The number of para-hydroxylation sites is 1. The third-order valence-corrected chi connectivity index (χ3v) is 4.15. The molecule has 1 N–H and O–H groups in total. The Balaban J connectivity index is 1.67. The fourth-order valence-electron chi connectivity index (χ4n) is 2.89. The van der Waals surface area contributed by atoms with Crippen LogP contribution in [-0.2, 0) is 19.6 Å². The monoisotopic (exact) mass is 337 g/mol. The number of ether oxygens (including phenoxy) is 2. The maximum absolute atomic E-state index is 5.49. The van der Waals surface area contributed by atoms with Gasteiger partial charge in [0.2, 0.25) is 0 Å². The summed E-state index contributed by atoms with van der Waals surface area (Å²) < 4.78 is 12.9. The predicted molar refractivity (Wildman–Crippen MR) is 97.9 cm³/mol. The van der Waals surface area contributed by atoms with Crippen LogP contribution < -0.4 is 14.8 Å². The fraction of sp³-hybridized carbons (Fsp3) is 0.250. The topological polar surface area (TPSA) is 48.3 Å². The van der Waals surface area contributed by atoms with Gasteiger partial charge in [0.25, 0.3) is 0 Å². The lowest BCUT2D eigenvalue weighted by atomic mass is 10.1. The number of aromatic nitrogens is 2. The summed E-state index contributed by atoms with van der Waals surface area (Å²) in [5.74, 6) is 1.53. The number of benzene rings is 2. The van der Waals surface area contributed by atoms with Crippen molar-refractivity contribution >= 4 is 0 Å². The minimum atomic E-state index is 0.708. The Hall–Kier alpha value is -2.79. The van der Waals surface area contributed by atoms with Gasteiger partial charge >= 0.3 is 0 Å². The molecule has 0 spiro atoms. The molecule has 5 heteroatoms. The van der Waals surface area contributed by atoms with Crippen molar-refractivity contribution in [3.8, 4) is 11.5 Å². The molecule has 0 unspecified atom stereocenters. The van der Waals surface area contributed by atoms with Crippen LogP contribution in [0.1, 0.15) is 16.7 Å². The van der Waals surface area contributed by atoms with Crippen molar-refractivity contribution in [2.24, 2.45) is 0 Å². The molecule has 0 saturated heterocycles. The summed E-state index contributed by atoms with van der Waals surface area (Å²) in [5.41, 5.74) is 3.64. The molecule has 3 rings (SSSR count). The van der Waals surface area contributed by atoms with Gasteiger partial charge < -0.3 is 19.4 Å². The summed E-state index contributed by atoms with van der Waals surface area (Å²) in [7, 11) is 3.32. The lowest BCUT2D eigenvalue weighted by Gasteiger charge is -2.14. The zero-order valence-corrected chi connectivity index (χ0v) is 14.6. The molecule has 0 bridgehead atoms. The fourth-order valence-corrected chi connectivity index (χ4v) is 2.89. The van der Waals surface area contributed by atoms with Gasteiger partial charge in [-0.05, 0) is 17.2 Å². The van der Waals surface area contributed by atoms with Gasteiger partial charge in [-0.1, -0.05) is 36.4 Å². The van der Waals surface area contributed by atoms with Gasteiger partial charge in [-0.2, -0.15) is 0 Å². The van der Waals surface area contributed by atoms with E-state index in [0.29, 0.717) is 6.54 Å². The highest BCUT2D eigenvalue weighted by Crippen LogP contribution is 2.30. The van der Waals surface area contributed by atoms with Gasteiger partial charge in [0.1, 0.15) is 0 Å². The SMILES string of the molecule is COc1cccc(CNCc2ccccc2Cn2ccnc2)c1OC. The van der Waals surface area contributed by atoms with Crippen molar-refractivity contribution in [2.75, 3.05) is 14.2 Å². The smallest absolute Gasteiger partial charge is 0.165 e. The molecule has 130 valence electrons. The third kappa shape index (κ3) is 4.19. The number of methoxy groups -OCH3 is 2. The van der Waals surface area contributed by atoms with Crippen molar-refractivity contribution in [3.05, 3.63) is 77.9 Å². The Labute approximate surface area is 148 Å². The summed E-state index contributed by atoms with van der Waals surface area (Å²) >= 11 is 0. The molecule has 0 radical (unpaired) electrons. The van der Waals surface area contributed by atoms with Crippen LogP contribution in [0, 0.1) is 0 Å². The number of imidazole rings is 1. The molecule has 0 saturated carbocycles.